The number of rotatable bonds is 3. The lowest BCUT2D eigenvalue weighted by molar-refractivity contribution is 0.0942. The third-order valence-corrected chi connectivity index (χ3v) is 4.22. The molecule has 0 aliphatic heterocycles. The normalized spacial score (nSPS) is 11.0. The molecule has 3 rings (SSSR count). The molecular formula is C15H12Cl2N4O3. The van der Waals surface area contributed by atoms with E-state index in [1.165, 1.54) is 6.20 Å². The zero-order valence-corrected chi connectivity index (χ0v) is 14.0. The van der Waals surface area contributed by atoms with Crippen LogP contribution in [0.15, 0.2) is 35.4 Å². The van der Waals surface area contributed by atoms with E-state index in [1.807, 2.05) is 0 Å². The van der Waals surface area contributed by atoms with Crippen LogP contribution in [0.5, 0.6) is 5.75 Å². The van der Waals surface area contributed by atoms with Gasteiger partial charge in [0.2, 0.25) is 11.5 Å². The summed E-state index contributed by atoms with van der Waals surface area (Å²) >= 11 is 11.8. The predicted molar refractivity (Wildman–Crippen MR) is 89.7 cm³/mol. The standard InChI is InChI=1S/C15H12Cl2N4O3/c1-20-4-5-21-14(24)12(22)11(19-15(20)21)13(23)18-7-8-2-3-9(16)10(17)6-8/h2-6,22H,7H2,1H3,(H,18,23). The van der Waals surface area contributed by atoms with Gasteiger partial charge < -0.3 is 15.0 Å². The van der Waals surface area contributed by atoms with Crippen LogP contribution in [0.3, 0.4) is 0 Å². The Bertz CT molecular complexity index is 1010. The van der Waals surface area contributed by atoms with Gasteiger partial charge in [-0.25, -0.2) is 9.38 Å². The highest BCUT2D eigenvalue weighted by molar-refractivity contribution is 6.42. The van der Waals surface area contributed by atoms with Gasteiger partial charge in [0, 0.05) is 26.0 Å². The summed E-state index contributed by atoms with van der Waals surface area (Å²) in [7, 11) is 1.68. The molecule has 2 N–H and O–H groups in total. The Balaban J connectivity index is 1.88. The molecule has 0 unspecified atom stereocenters. The Morgan fingerprint density at radius 2 is 2.04 bits per heavy atom. The Hall–Kier alpha value is -2.51. The van der Waals surface area contributed by atoms with Crippen LogP contribution in [0, 0.1) is 0 Å². The summed E-state index contributed by atoms with van der Waals surface area (Å²) in [5.41, 5.74) is -0.323. The molecule has 2 aromatic heterocycles. The summed E-state index contributed by atoms with van der Waals surface area (Å²) in [6.45, 7) is 0.142. The Morgan fingerprint density at radius 3 is 2.75 bits per heavy atom. The molecule has 1 amide bonds. The van der Waals surface area contributed by atoms with Crippen molar-refractivity contribution in [3.05, 3.63) is 62.2 Å². The molecule has 0 spiro atoms. The van der Waals surface area contributed by atoms with Gasteiger partial charge in [0.25, 0.3) is 5.91 Å². The number of hydrogen-bond donors (Lipinski definition) is 2. The molecular weight excluding hydrogens is 355 g/mol. The van der Waals surface area contributed by atoms with E-state index in [1.54, 1.807) is 36.0 Å². The molecule has 9 heteroatoms. The lowest BCUT2D eigenvalue weighted by atomic mass is 10.2. The number of aryl methyl sites for hydroxylation is 1. The van der Waals surface area contributed by atoms with Crippen molar-refractivity contribution in [2.24, 2.45) is 7.05 Å². The van der Waals surface area contributed by atoms with Gasteiger partial charge in [0.1, 0.15) is 0 Å². The van der Waals surface area contributed by atoms with Gasteiger partial charge in [0.05, 0.1) is 10.0 Å². The molecule has 0 radical (unpaired) electrons. The number of halogens is 2. The van der Waals surface area contributed by atoms with Crippen LogP contribution in [0.4, 0.5) is 0 Å². The van der Waals surface area contributed by atoms with Crippen LogP contribution in [0.2, 0.25) is 10.0 Å². The summed E-state index contributed by atoms with van der Waals surface area (Å²) in [6.07, 6.45) is 3.06. The van der Waals surface area contributed by atoms with Gasteiger partial charge in [-0.15, -0.1) is 0 Å². The maximum atomic E-state index is 12.3. The van der Waals surface area contributed by atoms with Crippen LogP contribution in [-0.2, 0) is 13.6 Å². The topological polar surface area (TPSA) is 88.6 Å². The lowest BCUT2D eigenvalue weighted by Gasteiger charge is -2.08. The number of benzene rings is 1. The van der Waals surface area contributed by atoms with Crippen LogP contribution in [0.1, 0.15) is 16.1 Å². The molecule has 0 saturated carbocycles. The van der Waals surface area contributed by atoms with E-state index in [-0.39, 0.29) is 18.0 Å². The summed E-state index contributed by atoms with van der Waals surface area (Å²) in [6, 6.07) is 4.94. The largest absolute Gasteiger partial charge is 0.501 e. The first kappa shape index (κ1) is 16.4. The number of amides is 1. The fraction of sp³-hybridized carbons (Fsp3) is 0.133. The van der Waals surface area contributed by atoms with Crippen LogP contribution < -0.4 is 10.9 Å². The molecule has 0 saturated heterocycles. The van der Waals surface area contributed by atoms with Gasteiger partial charge in [-0.3, -0.25) is 9.59 Å². The molecule has 24 heavy (non-hydrogen) atoms. The van der Waals surface area contributed by atoms with E-state index in [0.29, 0.717) is 15.6 Å². The fourth-order valence-electron chi connectivity index (χ4n) is 2.20. The molecule has 0 bridgehead atoms. The average Bonchev–Trinajstić information content (AvgIpc) is 2.93. The van der Waals surface area contributed by atoms with Crippen molar-refractivity contribution in [2.75, 3.05) is 0 Å². The average molecular weight is 367 g/mol. The third kappa shape index (κ3) is 2.83. The number of fused-ring (bicyclic) bond motifs is 1. The second-order valence-corrected chi connectivity index (χ2v) is 5.94. The lowest BCUT2D eigenvalue weighted by Crippen LogP contribution is -2.27. The third-order valence-electron chi connectivity index (χ3n) is 3.48. The summed E-state index contributed by atoms with van der Waals surface area (Å²) in [5, 5.41) is 13.3. The zero-order chi connectivity index (χ0) is 17.4. The number of carbonyl (C=O) groups is 1. The van der Waals surface area contributed by atoms with Crippen molar-refractivity contribution in [3.8, 4) is 5.75 Å². The number of carbonyl (C=O) groups excluding carboxylic acids is 1. The molecule has 0 aliphatic rings. The number of nitrogens with one attached hydrogen (secondary N) is 1. The summed E-state index contributed by atoms with van der Waals surface area (Å²) in [5.74, 6) is -1.12. The van der Waals surface area contributed by atoms with Crippen molar-refractivity contribution in [2.45, 2.75) is 6.54 Å². The van der Waals surface area contributed by atoms with Gasteiger partial charge in [-0.2, -0.15) is 0 Å². The number of aromatic nitrogens is 3. The monoisotopic (exact) mass is 366 g/mol. The van der Waals surface area contributed by atoms with Crippen LogP contribution in [-0.4, -0.2) is 25.0 Å². The number of aromatic hydroxyl groups is 1. The van der Waals surface area contributed by atoms with Crippen molar-refractivity contribution in [3.63, 3.8) is 0 Å². The Kier molecular flexibility index (Phi) is 4.21. The summed E-state index contributed by atoms with van der Waals surface area (Å²) < 4.78 is 2.72. The quantitative estimate of drug-likeness (QED) is 0.741. The fourth-order valence-corrected chi connectivity index (χ4v) is 2.52. The minimum Gasteiger partial charge on any atom is -0.501 e. The van der Waals surface area contributed by atoms with E-state index in [4.69, 9.17) is 23.2 Å². The number of hydrogen-bond acceptors (Lipinski definition) is 4. The molecule has 0 fully saturated rings. The molecule has 124 valence electrons. The smallest absolute Gasteiger partial charge is 0.302 e. The van der Waals surface area contributed by atoms with Gasteiger partial charge >= 0.3 is 5.56 Å². The predicted octanol–water partition coefficient (Wildman–Crippen LogP) is 1.98. The highest BCUT2D eigenvalue weighted by Crippen LogP contribution is 2.22. The first-order valence-corrected chi connectivity index (χ1v) is 7.63. The van der Waals surface area contributed by atoms with E-state index in [2.05, 4.69) is 10.3 Å². The van der Waals surface area contributed by atoms with E-state index in [0.717, 1.165) is 4.40 Å². The first-order chi connectivity index (χ1) is 11.4. The second-order valence-electron chi connectivity index (χ2n) is 5.12. The maximum Gasteiger partial charge on any atom is 0.302 e. The molecule has 2 heterocycles. The minimum atomic E-state index is -0.708. The van der Waals surface area contributed by atoms with Gasteiger partial charge in [-0.1, -0.05) is 29.3 Å². The number of imidazole rings is 1. The van der Waals surface area contributed by atoms with Gasteiger partial charge in [-0.05, 0) is 17.7 Å². The molecule has 3 aromatic rings. The zero-order valence-electron chi connectivity index (χ0n) is 12.5. The van der Waals surface area contributed by atoms with Crippen molar-refractivity contribution < 1.29 is 9.90 Å². The van der Waals surface area contributed by atoms with E-state index < -0.39 is 17.2 Å². The highest BCUT2D eigenvalue weighted by Gasteiger charge is 2.19. The molecule has 0 atom stereocenters. The van der Waals surface area contributed by atoms with Crippen molar-refractivity contribution >= 4 is 34.9 Å². The van der Waals surface area contributed by atoms with Crippen LogP contribution in [0.25, 0.3) is 5.78 Å². The Labute approximate surface area is 146 Å². The van der Waals surface area contributed by atoms with E-state index >= 15 is 0 Å². The number of nitrogens with zero attached hydrogens (tertiary/aromatic N) is 3. The summed E-state index contributed by atoms with van der Waals surface area (Å²) in [4.78, 5) is 28.4. The SMILES string of the molecule is Cn1ccn2c(=O)c(O)c(C(=O)NCc3ccc(Cl)c(Cl)c3)nc12. The van der Waals surface area contributed by atoms with Crippen LogP contribution >= 0.6 is 23.2 Å². The minimum absolute atomic E-state index is 0.142. The highest BCUT2D eigenvalue weighted by atomic mass is 35.5. The molecule has 0 aliphatic carbocycles. The van der Waals surface area contributed by atoms with Crippen molar-refractivity contribution in [1.82, 2.24) is 19.3 Å². The van der Waals surface area contributed by atoms with Gasteiger partial charge in [0.15, 0.2) is 5.69 Å². The van der Waals surface area contributed by atoms with Crippen molar-refractivity contribution in [1.29, 1.82) is 0 Å². The maximum absolute atomic E-state index is 12.3. The molecule has 7 nitrogen and oxygen atoms in total. The van der Waals surface area contributed by atoms with E-state index in [9.17, 15) is 14.7 Å². The first-order valence-electron chi connectivity index (χ1n) is 6.87. The second kappa shape index (κ2) is 6.18. The Morgan fingerprint density at radius 1 is 1.29 bits per heavy atom. The molecule has 1 aromatic carbocycles.